The van der Waals surface area contributed by atoms with Crippen molar-refractivity contribution in [3.8, 4) is 12.3 Å². The molecule has 0 bridgehead atoms. The molecule has 0 atom stereocenters. The fourth-order valence-corrected chi connectivity index (χ4v) is 2.12. The molecule has 0 saturated heterocycles. The molecule has 0 radical (unpaired) electrons. The molecule has 1 aromatic carbocycles. The van der Waals surface area contributed by atoms with Gasteiger partial charge < -0.3 is 4.74 Å². The van der Waals surface area contributed by atoms with Gasteiger partial charge in [-0.1, -0.05) is 27.0 Å². The van der Waals surface area contributed by atoms with Gasteiger partial charge in [-0.3, -0.25) is 4.90 Å². The van der Waals surface area contributed by atoms with Crippen LogP contribution in [-0.4, -0.2) is 18.2 Å². The van der Waals surface area contributed by atoms with Crippen LogP contribution in [0.2, 0.25) is 0 Å². The number of ether oxygens (including phenoxy) is 1. The summed E-state index contributed by atoms with van der Waals surface area (Å²) in [4.78, 5) is 16.4. The van der Waals surface area contributed by atoms with Crippen LogP contribution in [0, 0.1) is 12.3 Å². The molecule has 0 N–H and O–H groups in total. The SMILES string of the molecule is C#CCN(C(=O)OC(C)(C)C)c1ccc(Br)cc1CN=[N+]=[N-]. The van der Waals surface area contributed by atoms with Crippen molar-refractivity contribution in [2.45, 2.75) is 32.9 Å². The summed E-state index contributed by atoms with van der Waals surface area (Å²) in [5.74, 6) is 2.44. The lowest BCUT2D eigenvalue weighted by Crippen LogP contribution is -2.37. The van der Waals surface area contributed by atoms with Gasteiger partial charge in [0.1, 0.15) is 5.60 Å². The Hall–Kier alpha value is -2.16. The van der Waals surface area contributed by atoms with E-state index in [1.54, 1.807) is 39.0 Å². The van der Waals surface area contributed by atoms with E-state index in [4.69, 9.17) is 16.7 Å². The molecule has 116 valence electrons. The second kappa shape index (κ2) is 7.74. The molecule has 0 heterocycles. The Bertz CT molecular complexity index is 640. The molecular weight excluding hydrogens is 348 g/mol. The van der Waals surface area contributed by atoms with Gasteiger partial charge in [0.15, 0.2) is 0 Å². The molecule has 0 fully saturated rings. The molecule has 0 aliphatic heterocycles. The number of anilines is 1. The lowest BCUT2D eigenvalue weighted by Gasteiger charge is -2.27. The summed E-state index contributed by atoms with van der Waals surface area (Å²) in [7, 11) is 0. The number of rotatable bonds is 4. The zero-order chi connectivity index (χ0) is 16.8. The van der Waals surface area contributed by atoms with Crippen LogP contribution in [0.25, 0.3) is 10.4 Å². The summed E-state index contributed by atoms with van der Waals surface area (Å²) in [6, 6.07) is 5.29. The lowest BCUT2D eigenvalue weighted by atomic mass is 10.1. The third-order valence-corrected chi connectivity index (χ3v) is 2.99. The van der Waals surface area contributed by atoms with Crippen LogP contribution in [-0.2, 0) is 11.3 Å². The highest BCUT2D eigenvalue weighted by Gasteiger charge is 2.24. The maximum absolute atomic E-state index is 12.4. The van der Waals surface area contributed by atoms with E-state index in [-0.39, 0.29) is 13.1 Å². The molecule has 0 unspecified atom stereocenters. The summed E-state index contributed by atoms with van der Waals surface area (Å²) in [5, 5.41) is 3.55. The third-order valence-electron chi connectivity index (χ3n) is 2.50. The molecule has 0 aliphatic rings. The van der Waals surface area contributed by atoms with Gasteiger partial charge in [-0.15, -0.1) is 6.42 Å². The minimum Gasteiger partial charge on any atom is -0.443 e. The van der Waals surface area contributed by atoms with Crippen molar-refractivity contribution < 1.29 is 9.53 Å². The molecule has 6 nitrogen and oxygen atoms in total. The van der Waals surface area contributed by atoms with Gasteiger partial charge in [-0.25, -0.2) is 4.79 Å². The minimum absolute atomic E-state index is 0.0554. The van der Waals surface area contributed by atoms with Crippen LogP contribution in [0.5, 0.6) is 0 Å². The number of hydrogen-bond acceptors (Lipinski definition) is 3. The zero-order valence-electron chi connectivity index (χ0n) is 12.7. The van der Waals surface area contributed by atoms with E-state index in [0.717, 1.165) is 4.47 Å². The summed E-state index contributed by atoms with van der Waals surface area (Å²) in [6.07, 6.45) is 4.81. The molecule has 7 heteroatoms. The topological polar surface area (TPSA) is 78.3 Å². The van der Waals surface area contributed by atoms with Crippen molar-refractivity contribution in [3.63, 3.8) is 0 Å². The highest BCUT2D eigenvalue weighted by Crippen LogP contribution is 2.27. The molecule has 0 saturated carbocycles. The van der Waals surface area contributed by atoms with Crippen LogP contribution in [0.4, 0.5) is 10.5 Å². The number of carbonyl (C=O) groups is 1. The van der Waals surface area contributed by atoms with Crippen molar-refractivity contribution in [2.24, 2.45) is 5.11 Å². The molecule has 22 heavy (non-hydrogen) atoms. The fourth-order valence-electron chi connectivity index (χ4n) is 1.71. The standard InChI is InChI=1S/C15H17BrN4O2/c1-5-8-20(14(21)22-15(2,3)4)13-7-6-12(16)9-11(13)10-18-19-17/h1,6-7,9H,8,10H2,2-4H3. The Morgan fingerprint density at radius 2 is 2.23 bits per heavy atom. The van der Waals surface area contributed by atoms with E-state index in [9.17, 15) is 4.79 Å². The number of terminal acetylenes is 1. The van der Waals surface area contributed by atoms with Gasteiger partial charge in [-0.05, 0) is 50.1 Å². The number of halogens is 1. The average molecular weight is 365 g/mol. The second-order valence-corrected chi connectivity index (χ2v) is 6.35. The Morgan fingerprint density at radius 3 is 2.77 bits per heavy atom. The third kappa shape index (κ3) is 5.32. The van der Waals surface area contributed by atoms with E-state index in [1.165, 1.54) is 4.90 Å². The molecule has 1 rings (SSSR count). The van der Waals surface area contributed by atoms with Crippen LogP contribution in [0.1, 0.15) is 26.3 Å². The average Bonchev–Trinajstić information content (AvgIpc) is 2.41. The molecule has 0 aromatic heterocycles. The van der Waals surface area contributed by atoms with Crippen LogP contribution >= 0.6 is 15.9 Å². The normalized spacial score (nSPS) is 10.3. The monoisotopic (exact) mass is 364 g/mol. The summed E-state index contributed by atoms with van der Waals surface area (Å²) < 4.78 is 6.18. The number of carbonyl (C=O) groups excluding carboxylic acids is 1. The molecule has 0 spiro atoms. The highest BCUT2D eigenvalue weighted by molar-refractivity contribution is 9.10. The maximum Gasteiger partial charge on any atom is 0.415 e. The van der Waals surface area contributed by atoms with E-state index in [2.05, 4.69) is 31.9 Å². The summed E-state index contributed by atoms with van der Waals surface area (Å²) in [5.41, 5.74) is 9.10. The Kier molecular flexibility index (Phi) is 6.29. The van der Waals surface area contributed by atoms with E-state index < -0.39 is 11.7 Å². The Morgan fingerprint density at radius 1 is 1.55 bits per heavy atom. The Balaban J connectivity index is 3.23. The fraction of sp³-hybridized carbons (Fsp3) is 0.400. The number of amides is 1. The largest absolute Gasteiger partial charge is 0.443 e. The quantitative estimate of drug-likeness (QED) is 0.337. The van der Waals surface area contributed by atoms with Gasteiger partial charge in [-0.2, -0.15) is 0 Å². The van der Waals surface area contributed by atoms with Gasteiger partial charge in [0, 0.05) is 9.38 Å². The molecule has 0 aliphatic carbocycles. The first-order chi connectivity index (χ1) is 10.3. The van der Waals surface area contributed by atoms with Crippen molar-refractivity contribution in [1.29, 1.82) is 0 Å². The van der Waals surface area contributed by atoms with Crippen LogP contribution in [0.15, 0.2) is 27.8 Å². The van der Waals surface area contributed by atoms with Crippen LogP contribution in [0.3, 0.4) is 0 Å². The maximum atomic E-state index is 12.4. The smallest absolute Gasteiger partial charge is 0.415 e. The zero-order valence-corrected chi connectivity index (χ0v) is 14.3. The van der Waals surface area contributed by atoms with Gasteiger partial charge in [0.05, 0.1) is 18.8 Å². The van der Waals surface area contributed by atoms with Crippen molar-refractivity contribution >= 4 is 27.7 Å². The van der Waals surface area contributed by atoms with Crippen molar-refractivity contribution in [1.82, 2.24) is 0 Å². The lowest BCUT2D eigenvalue weighted by molar-refractivity contribution is 0.0585. The van der Waals surface area contributed by atoms with Gasteiger partial charge in [0.25, 0.3) is 0 Å². The van der Waals surface area contributed by atoms with Crippen molar-refractivity contribution in [2.75, 3.05) is 11.4 Å². The van der Waals surface area contributed by atoms with Gasteiger partial charge in [0.2, 0.25) is 0 Å². The number of nitrogens with zero attached hydrogens (tertiary/aromatic N) is 4. The molecule has 1 amide bonds. The predicted octanol–water partition coefficient (Wildman–Crippen LogP) is 4.63. The number of azide groups is 1. The van der Waals surface area contributed by atoms with Crippen LogP contribution < -0.4 is 4.90 Å². The number of benzene rings is 1. The molecule has 1 aromatic rings. The van der Waals surface area contributed by atoms with Gasteiger partial charge >= 0.3 is 6.09 Å². The van der Waals surface area contributed by atoms with Crippen molar-refractivity contribution in [3.05, 3.63) is 38.7 Å². The first-order valence-electron chi connectivity index (χ1n) is 6.51. The molecular formula is C15H17BrN4O2. The summed E-state index contributed by atoms with van der Waals surface area (Å²) >= 11 is 3.35. The number of hydrogen-bond donors (Lipinski definition) is 0. The first-order valence-corrected chi connectivity index (χ1v) is 7.31. The second-order valence-electron chi connectivity index (χ2n) is 5.43. The highest BCUT2D eigenvalue weighted by atomic mass is 79.9. The van der Waals surface area contributed by atoms with E-state index in [1.807, 2.05) is 0 Å². The van der Waals surface area contributed by atoms with E-state index in [0.29, 0.717) is 11.3 Å². The summed E-state index contributed by atoms with van der Waals surface area (Å²) in [6.45, 7) is 5.50. The first kappa shape index (κ1) is 17.9. The minimum atomic E-state index is -0.635. The predicted molar refractivity (Wildman–Crippen MR) is 89.4 cm³/mol. The van der Waals surface area contributed by atoms with E-state index >= 15 is 0 Å². The Labute approximate surface area is 138 Å².